The Hall–Kier alpha value is -1.44. The average molecular weight is 392 g/mol. The zero-order chi connectivity index (χ0) is 18.9. The molecule has 3 aliphatic rings. The smallest absolute Gasteiger partial charge is 0.253 e. The Morgan fingerprint density at radius 3 is 2.48 bits per heavy atom. The lowest BCUT2D eigenvalue weighted by atomic mass is 10.1. The molecular weight excluding hydrogens is 362 g/mol. The number of hydrogen-bond acceptors (Lipinski definition) is 4. The molecule has 27 heavy (non-hydrogen) atoms. The van der Waals surface area contributed by atoms with Crippen molar-refractivity contribution < 1.29 is 13.2 Å². The van der Waals surface area contributed by atoms with Crippen LogP contribution in [0.3, 0.4) is 0 Å². The Kier molecular flexibility index (Phi) is 5.53. The van der Waals surface area contributed by atoms with Crippen LogP contribution >= 0.6 is 0 Å². The number of hydrogen-bond donors (Lipinski definition) is 1. The van der Waals surface area contributed by atoms with Gasteiger partial charge in [0.15, 0.2) is 0 Å². The molecule has 1 amide bonds. The monoisotopic (exact) mass is 391 g/mol. The molecule has 7 heteroatoms. The van der Waals surface area contributed by atoms with E-state index in [9.17, 15) is 13.2 Å². The van der Waals surface area contributed by atoms with E-state index in [2.05, 4.69) is 5.32 Å². The van der Waals surface area contributed by atoms with Crippen molar-refractivity contribution in [2.24, 2.45) is 0 Å². The Bertz CT molecular complexity index is 787. The number of likely N-dealkylation sites (tertiary alicyclic amines) is 1. The summed E-state index contributed by atoms with van der Waals surface area (Å²) in [6, 6.07) is 7.50. The Balaban J connectivity index is 1.54. The van der Waals surface area contributed by atoms with Crippen LogP contribution in [0.25, 0.3) is 0 Å². The van der Waals surface area contributed by atoms with Gasteiger partial charge in [-0.2, -0.15) is 4.31 Å². The Morgan fingerprint density at radius 2 is 1.70 bits per heavy atom. The Morgan fingerprint density at radius 1 is 0.963 bits per heavy atom. The molecule has 148 valence electrons. The van der Waals surface area contributed by atoms with Crippen molar-refractivity contribution >= 4 is 15.9 Å². The molecular formula is C20H29N3O3S. The molecule has 6 nitrogen and oxygen atoms in total. The van der Waals surface area contributed by atoms with E-state index < -0.39 is 10.0 Å². The third kappa shape index (κ3) is 4.05. The van der Waals surface area contributed by atoms with E-state index in [1.165, 1.54) is 6.42 Å². The number of carbonyl (C=O) groups excluding carboxylic acids is 1. The van der Waals surface area contributed by atoms with Gasteiger partial charge in [0.05, 0.1) is 4.90 Å². The topological polar surface area (TPSA) is 69.7 Å². The Labute approximate surface area is 162 Å². The van der Waals surface area contributed by atoms with Crippen LogP contribution in [0, 0.1) is 0 Å². The molecule has 0 saturated carbocycles. The first-order chi connectivity index (χ1) is 13.0. The van der Waals surface area contributed by atoms with Crippen LogP contribution in [0.2, 0.25) is 0 Å². The minimum Gasteiger partial charge on any atom is -0.337 e. The van der Waals surface area contributed by atoms with Gasteiger partial charge in [-0.3, -0.25) is 4.79 Å². The minimum atomic E-state index is -3.54. The first-order valence-electron chi connectivity index (χ1n) is 10.2. The minimum absolute atomic E-state index is 0.0581. The van der Waals surface area contributed by atoms with Crippen molar-refractivity contribution in [1.29, 1.82) is 0 Å². The molecule has 1 aromatic carbocycles. The van der Waals surface area contributed by atoms with E-state index in [0.717, 1.165) is 45.1 Å². The van der Waals surface area contributed by atoms with Crippen molar-refractivity contribution in [2.45, 2.75) is 61.9 Å². The van der Waals surface area contributed by atoms with Crippen LogP contribution in [0.5, 0.6) is 0 Å². The summed E-state index contributed by atoms with van der Waals surface area (Å²) >= 11 is 0. The van der Waals surface area contributed by atoms with Gasteiger partial charge in [0, 0.05) is 43.8 Å². The number of benzene rings is 1. The van der Waals surface area contributed by atoms with Gasteiger partial charge < -0.3 is 10.2 Å². The summed E-state index contributed by atoms with van der Waals surface area (Å²) < 4.78 is 27.7. The molecule has 0 spiro atoms. The first-order valence-corrected chi connectivity index (χ1v) is 11.6. The van der Waals surface area contributed by atoms with E-state index in [0.29, 0.717) is 37.3 Å². The zero-order valence-corrected chi connectivity index (χ0v) is 16.6. The molecule has 2 unspecified atom stereocenters. The summed E-state index contributed by atoms with van der Waals surface area (Å²) in [7, 11) is -3.54. The standard InChI is InChI=1S/C20H29N3O3S/c24-20(22-13-10-17-8-9-18(15-22)21-17)16-6-5-7-19(14-16)27(25,26)23-11-3-1-2-4-12-23/h5-7,14,17-18,21H,1-4,8-13,15H2. The molecule has 1 aromatic rings. The summed E-state index contributed by atoms with van der Waals surface area (Å²) in [6.07, 6.45) is 7.23. The first kappa shape index (κ1) is 18.9. The number of sulfonamides is 1. The number of amides is 1. The highest BCUT2D eigenvalue weighted by atomic mass is 32.2. The summed E-state index contributed by atoms with van der Waals surface area (Å²) in [5.41, 5.74) is 0.476. The number of nitrogens with zero attached hydrogens (tertiary/aromatic N) is 2. The van der Waals surface area contributed by atoms with E-state index in [-0.39, 0.29) is 10.8 Å². The number of carbonyl (C=O) groups is 1. The van der Waals surface area contributed by atoms with E-state index >= 15 is 0 Å². The quantitative estimate of drug-likeness (QED) is 0.858. The van der Waals surface area contributed by atoms with Gasteiger partial charge in [-0.05, 0) is 50.3 Å². The fourth-order valence-corrected chi connectivity index (χ4v) is 6.09. The highest BCUT2D eigenvalue weighted by molar-refractivity contribution is 7.89. The summed E-state index contributed by atoms with van der Waals surface area (Å²) in [5.74, 6) is -0.0581. The van der Waals surface area contributed by atoms with Gasteiger partial charge in [0.1, 0.15) is 0 Å². The average Bonchev–Trinajstić information content (AvgIpc) is 2.86. The van der Waals surface area contributed by atoms with Crippen LogP contribution in [0.15, 0.2) is 29.2 Å². The van der Waals surface area contributed by atoms with Crippen LogP contribution in [-0.2, 0) is 10.0 Å². The molecule has 3 aliphatic heterocycles. The molecule has 0 aliphatic carbocycles. The van der Waals surface area contributed by atoms with Gasteiger partial charge in [0.25, 0.3) is 5.91 Å². The molecule has 0 radical (unpaired) electrons. The third-order valence-electron chi connectivity index (χ3n) is 6.09. The van der Waals surface area contributed by atoms with Crippen LogP contribution in [0.1, 0.15) is 55.3 Å². The molecule has 1 N–H and O–H groups in total. The van der Waals surface area contributed by atoms with Crippen molar-refractivity contribution in [1.82, 2.24) is 14.5 Å². The van der Waals surface area contributed by atoms with E-state index in [1.54, 1.807) is 28.6 Å². The second kappa shape index (κ2) is 7.89. The molecule has 3 heterocycles. The van der Waals surface area contributed by atoms with E-state index in [1.807, 2.05) is 4.90 Å². The van der Waals surface area contributed by atoms with Crippen molar-refractivity contribution in [3.05, 3.63) is 29.8 Å². The summed E-state index contributed by atoms with van der Waals surface area (Å²) in [6.45, 7) is 2.58. The maximum atomic E-state index is 13.0. The van der Waals surface area contributed by atoms with Gasteiger partial charge in [-0.15, -0.1) is 0 Å². The van der Waals surface area contributed by atoms with Crippen molar-refractivity contribution in [3.8, 4) is 0 Å². The molecule has 0 aromatic heterocycles. The van der Waals surface area contributed by atoms with E-state index in [4.69, 9.17) is 0 Å². The predicted molar refractivity (Wildman–Crippen MR) is 104 cm³/mol. The summed E-state index contributed by atoms with van der Waals surface area (Å²) in [5, 5.41) is 3.58. The van der Waals surface area contributed by atoms with Crippen LogP contribution in [0.4, 0.5) is 0 Å². The van der Waals surface area contributed by atoms with Crippen LogP contribution < -0.4 is 5.32 Å². The molecule has 3 fully saturated rings. The van der Waals surface area contributed by atoms with Crippen LogP contribution in [-0.4, -0.2) is 61.8 Å². The normalized spacial score (nSPS) is 27.2. The lowest BCUT2D eigenvalue weighted by Gasteiger charge is -2.25. The fourth-order valence-electron chi connectivity index (χ4n) is 4.53. The predicted octanol–water partition coefficient (Wildman–Crippen LogP) is 2.22. The highest BCUT2D eigenvalue weighted by Crippen LogP contribution is 2.24. The maximum Gasteiger partial charge on any atom is 0.253 e. The number of nitrogens with one attached hydrogen (secondary N) is 1. The number of fused-ring (bicyclic) bond motifs is 2. The molecule has 2 atom stereocenters. The highest BCUT2D eigenvalue weighted by Gasteiger charge is 2.32. The lowest BCUT2D eigenvalue weighted by Crippen LogP contribution is -2.39. The van der Waals surface area contributed by atoms with Crippen molar-refractivity contribution in [3.63, 3.8) is 0 Å². The molecule has 3 saturated heterocycles. The SMILES string of the molecule is O=C(c1cccc(S(=O)(=O)N2CCCCCC2)c1)N1CCC2CCC(C1)N2. The van der Waals surface area contributed by atoms with Gasteiger partial charge in [0.2, 0.25) is 10.0 Å². The zero-order valence-electron chi connectivity index (χ0n) is 15.8. The molecule has 2 bridgehead atoms. The maximum absolute atomic E-state index is 13.0. The fraction of sp³-hybridized carbons (Fsp3) is 0.650. The second-order valence-electron chi connectivity index (χ2n) is 8.02. The van der Waals surface area contributed by atoms with Gasteiger partial charge in [-0.1, -0.05) is 18.9 Å². The molecule has 4 rings (SSSR count). The number of rotatable bonds is 3. The van der Waals surface area contributed by atoms with Gasteiger partial charge >= 0.3 is 0 Å². The second-order valence-corrected chi connectivity index (χ2v) is 9.96. The summed E-state index contributed by atoms with van der Waals surface area (Å²) in [4.78, 5) is 15.2. The van der Waals surface area contributed by atoms with Crippen molar-refractivity contribution in [2.75, 3.05) is 26.2 Å². The largest absolute Gasteiger partial charge is 0.337 e. The van der Waals surface area contributed by atoms with Gasteiger partial charge in [-0.25, -0.2) is 8.42 Å². The lowest BCUT2D eigenvalue weighted by molar-refractivity contribution is 0.0748. The third-order valence-corrected chi connectivity index (χ3v) is 7.99.